The van der Waals surface area contributed by atoms with Crippen molar-refractivity contribution in [2.45, 2.75) is 13.3 Å². The number of ether oxygens (including phenoxy) is 1. The van der Waals surface area contributed by atoms with Gasteiger partial charge in [0.05, 0.1) is 12.6 Å². The van der Waals surface area contributed by atoms with Crippen LogP contribution in [-0.4, -0.2) is 24.1 Å². The van der Waals surface area contributed by atoms with Crippen LogP contribution in [0.1, 0.15) is 23.8 Å². The summed E-state index contributed by atoms with van der Waals surface area (Å²) >= 11 is 0. The number of nitrogens with zero attached hydrogens (tertiary/aromatic N) is 1. The normalized spacial score (nSPS) is 10.6. The number of nitrogens with one attached hydrogen (secondary N) is 1. The Bertz CT molecular complexity index is 572. The Morgan fingerprint density at radius 1 is 1.39 bits per heavy atom. The number of benzene rings is 1. The van der Waals surface area contributed by atoms with Gasteiger partial charge in [-0.15, -0.1) is 0 Å². The quantitative estimate of drug-likeness (QED) is 0.899. The minimum absolute atomic E-state index is 0.0329. The van der Waals surface area contributed by atoms with Gasteiger partial charge in [0.15, 0.2) is 0 Å². The van der Waals surface area contributed by atoms with Crippen LogP contribution in [0.5, 0.6) is 5.75 Å². The van der Waals surface area contributed by atoms with Gasteiger partial charge in [0, 0.05) is 25.0 Å². The standard InChI is InChI=1S/C14H18N2O2/c1-4-7-15-14(17)13-8-10-5-6-11(18-3)9-12(10)16(13)2/h5-6,8-9H,4,7H2,1-3H3,(H,15,17). The van der Waals surface area contributed by atoms with Crippen molar-refractivity contribution in [2.24, 2.45) is 7.05 Å². The van der Waals surface area contributed by atoms with Crippen molar-refractivity contribution in [3.8, 4) is 5.75 Å². The van der Waals surface area contributed by atoms with Crippen molar-refractivity contribution in [1.29, 1.82) is 0 Å². The van der Waals surface area contributed by atoms with Crippen LogP contribution >= 0.6 is 0 Å². The summed E-state index contributed by atoms with van der Waals surface area (Å²) in [5.74, 6) is 0.763. The number of fused-ring (bicyclic) bond motifs is 1. The van der Waals surface area contributed by atoms with E-state index in [0.717, 1.165) is 23.1 Å². The maximum atomic E-state index is 12.0. The molecular weight excluding hydrogens is 228 g/mol. The van der Waals surface area contributed by atoms with E-state index < -0.39 is 0 Å². The maximum absolute atomic E-state index is 12.0. The van der Waals surface area contributed by atoms with Crippen molar-refractivity contribution in [1.82, 2.24) is 9.88 Å². The van der Waals surface area contributed by atoms with Crippen molar-refractivity contribution in [3.63, 3.8) is 0 Å². The van der Waals surface area contributed by atoms with Crippen LogP contribution in [0, 0.1) is 0 Å². The second-order valence-corrected chi connectivity index (χ2v) is 4.27. The summed E-state index contributed by atoms with van der Waals surface area (Å²) in [6.07, 6.45) is 0.934. The van der Waals surface area contributed by atoms with E-state index in [2.05, 4.69) is 5.32 Å². The SMILES string of the molecule is CCCNC(=O)c1cc2ccc(OC)cc2n1C. The predicted octanol–water partition coefficient (Wildman–Crippen LogP) is 2.33. The van der Waals surface area contributed by atoms with E-state index in [1.807, 2.05) is 42.8 Å². The van der Waals surface area contributed by atoms with Gasteiger partial charge < -0.3 is 14.6 Å². The molecule has 0 radical (unpaired) electrons. The topological polar surface area (TPSA) is 43.3 Å². The highest BCUT2D eigenvalue weighted by molar-refractivity contribution is 5.98. The first-order chi connectivity index (χ1) is 8.67. The van der Waals surface area contributed by atoms with Gasteiger partial charge in [-0.05, 0) is 24.6 Å². The van der Waals surface area contributed by atoms with Gasteiger partial charge in [-0.1, -0.05) is 6.92 Å². The zero-order chi connectivity index (χ0) is 13.1. The summed E-state index contributed by atoms with van der Waals surface area (Å²) in [6, 6.07) is 7.70. The van der Waals surface area contributed by atoms with Crippen LogP contribution in [0.2, 0.25) is 0 Å². The first-order valence-electron chi connectivity index (χ1n) is 6.09. The van der Waals surface area contributed by atoms with Gasteiger partial charge in [0.1, 0.15) is 11.4 Å². The lowest BCUT2D eigenvalue weighted by Gasteiger charge is -2.05. The second-order valence-electron chi connectivity index (χ2n) is 4.27. The highest BCUT2D eigenvalue weighted by Crippen LogP contribution is 2.23. The zero-order valence-electron chi connectivity index (χ0n) is 11.0. The van der Waals surface area contributed by atoms with Crippen LogP contribution in [0.25, 0.3) is 10.9 Å². The summed E-state index contributed by atoms with van der Waals surface area (Å²) in [5.41, 5.74) is 1.67. The Morgan fingerprint density at radius 3 is 2.83 bits per heavy atom. The summed E-state index contributed by atoms with van der Waals surface area (Å²) in [5, 5.41) is 3.93. The molecule has 0 unspecified atom stereocenters. The number of carbonyl (C=O) groups is 1. The molecule has 0 saturated heterocycles. The van der Waals surface area contributed by atoms with Crippen LogP contribution < -0.4 is 10.1 Å². The van der Waals surface area contributed by atoms with Gasteiger partial charge in [-0.25, -0.2) is 0 Å². The minimum atomic E-state index is -0.0329. The third-order valence-electron chi connectivity index (χ3n) is 3.02. The Hall–Kier alpha value is -1.97. The van der Waals surface area contributed by atoms with E-state index in [4.69, 9.17) is 4.74 Å². The van der Waals surface area contributed by atoms with Crippen molar-refractivity contribution in [2.75, 3.05) is 13.7 Å². The molecule has 0 aliphatic carbocycles. The highest BCUT2D eigenvalue weighted by atomic mass is 16.5. The van der Waals surface area contributed by atoms with Crippen LogP contribution in [0.4, 0.5) is 0 Å². The van der Waals surface area contributed by atoms with E-state index in [1.54, 1.807) is 7.11 Å². The van der Waals surface area contributed by atoms with E-state index in [9.17, 15) is 4.79 Å². The lowest BCUT2D eigenvalue weighted by molar-refractivity contribution is 0.0946. The highest BCUT2D eigenvalue weighted by Gasteiger charge is 2.12. The van der Waals surface area contributed by atoms with Gasteiger partial charge in [-0.2, -0.15) is 0 Å². The number of hydrogen-bond donors (Lipinski definition) is 1. The first-order valence-corrected chi connectivity index (χ1v) is 6.09. The van der Waals surface area contributed by atoms with Gasteiger partial charge >= 0.3 is 0 Å². The molecule has 1 aromatic heterocycles. The van der Waals surface area contributed by atoms with Crippen LogP contribution in [0.15, 0.2) is 24.3 Å². The fourth-order valence-corrected chi connectivity index (χ4v) is 1.98. The average molecular weight is 246 g/mol. The number of carbonyl (C=O) groups excluding carboxylic acids is 1. The smallest absolute Gasteiger partial charge is 0.267 e. The molecule has 0 aliphatic rings. The monoisotopic (exact) mass is 246 g/mol. The molecule has 0 spiro atoms. The van der Waals surface area contributed by atoms with E-state index in [1.165, 1.54) is 0 Å². The molecule has 0 atom stereocenters. The zero-order valence-corrected chi connectivity index (χ0v) is 11.0. The van der Waals surface area contributed by atoms with Crippen LogP contribution in [-0.2, 0) is 7.05 Å². The number of methoxy groups -OCH3 is 1. The average Bonchev–Trinajstić information content (AvgIpc) is 2.73. The molecule has 2 rings (SSSR count). The molecule has 96 valence electrons. The number of amides is 1. The molecule has 0 aliphatic heterocycles. The first kappa shape index (κ1) is 12.5. The molecule has 0 fully saturated rings. The summed E-state index contributed by atoms with van der Waals surface area (Å²) in [6.45, 7) is 2.73. The molecule has 1 N–H and O–H groups in total. The molecule has 18 heavy (non-hydrogen) atoms. The fraction of sp³-hybridized carbons (Fsp3) is 0.357. The van der Waals surface area contributed by atoms with Crippen molar-refractivity contribution in [3.05, 3.63) is 30.0 Å². The molecule has 4 heteroatoms. The Labute approximate surface area is 107 Å². The molecule has 1 heterocycles. The second kappa shape index (κ2) is 5.12. The van der Waals surface area contributed by atoms with Crippen LogP contribution in [0.3, 0.4) is 0 Å². The molecule has 1 aromatic carbocycles. The maximum Gasteiger partial charge on any atom is 0.267 e. The summed E-state index contributed by atoms with van der Waals surface area (Å²) in [4.78, 5) is 12.0. The molecule has 2 aromatic rings. The number of hydrogen-bond acceptors (Lipinski definition) is 2. The molecule has 0 saturated carbocycles. The largest absolute Gasteiger partial charge is 0.497 e. The lowest BCUT2D eigenvalue weighted by Crippen LogP contribution is -2.25. The third-order valence-corrected chi connectivity index (χ3v) is 3.02. The number of rotatable bonds is 4. The summed E-state index contributed by atoms with van der Waals surface area (Å²) < 4.78 is 7.09. The van der Waals surface area contributed by atoms with Gasteiger partial charge in [0.2, 0.25) is 0 Å². The Morgan fingerprint density at radius 2 is 2.17 bits per heavy atom. The van der Waals surface area contributed by atoms with Gasteiger partial charge in [0.25, 0.3) is 5.91 Å². The lowest BCUT2D eigenvalue weighted by atomic mass is 10.2. The molecule has 4 nitrogen and oxygen atoms in total. The number of aromatic nitrogens is 1. The van der Waals surface area contributed by atoms with Crippen molar-refractivity contribution >= 4 is 16.8 Å². The van der Waals surface area contributed by atoms with E-state index >= 15 is 0 Å². The summed E-state index contributed by atoms with van der Waals surface area (Å²) in [7, 11) is 3.53. The number of aryl methyl sites for hydroxylation is 1. The minimum Gasteiger partial charge on any atom is -0.497 e. The predicted molar refractivity (Wildman–Crippen MR) is 72.1 cm³/mol. The third kappa shape index (κ3) is 2.18. The molecule has 1 amide bonds. The Kier molecular flexibility index (Phi) is 3.55. The Balaban J connectivity index is 2.41. The molecular formula is C14H18N2O2. The van der Waals surface area contributed by atoms with Crippen molar-refractivity contribution < 1.29 is 9.53 Å². The van der Waals surface area contributed by atoms with E-state index in [-0.39, 0.29) is 5.91 Å². The van der Waals surface area contributed by atoms with E-state index in [0.29, 0.717) is 12.2 Å². The molecule has 0 bridgehead atoms. The fourth-order valence-electron chi connectivity index (χ4n) is 1.98. The van der Waals surface area contributed by atoms with Gasteiger partial charge in [-0.3, -0.25) is 4.79 Å².